The van der Waals surface area contributed by atoms with E-state index in [4.69, 9.17) is 4.74 Å². The zero-order valence-corrected chi connectivity index (χ0v) is 17.7. The summed E-state index contributed by atoms with van der Waals surface area (Å²) in [5.74, 6) is 3.10. The number of hydrogen-bond donors (Lipinski definition) is 1. The number of methoxy groups -OCH3 is 1. The molecule has 2 unspecified atom stereocenters. The van der Waals surface area contributed by atoms with Crippen molar-refractivity contribution in [1.82, 2.24) is 20.0 Å². The van der Waals surface area contributed by atoms with E-state index < -0.39 is 0 Å². The summed E-state index contributed by atoms with van der Waals surface area (Å²) in [6, 6.07) is 8.35. The van der Waals surface area contributed by atoms with Gasteiger partial charge in [-0.15, -0.1) is 0 Å². The van der Waals surface area contributed by atoms with Crippen molar-refractivity contribution in [3.63, 3.8) is 0 Å². The Labute approximate surface area is 173 Å². The Morgan fingerprint density at radius 3 is 2.93 bits per heavy atom. The van der Waals surface area contributed by atoms with Crippen LogP contribution in [-0.4, -0.2) is 67.5 Å². The fourth-order valence-corrected chi connectivity index (χ4v) is 4.48. The number of hydrogen-bond acceptors (Lipinski definition) is 4. The Kier molecular flexibility index (Phi) is 5.92. The van der Waals surface area contributed by atoms with E-state index in [9.17, 15) is 0 Å². The molecule has 156 valence electrons. The van der Waals surface area contributed by atoms with E-state index in [0.717, 1.165) is 50.9 Å². The number of nitrogens with one attached hydrogen (secondary N) is 1. The fraction of sp³-hybridized carbons (Fsp3) is 0.545. The molecule has 4 rings (SSSR count). The number of aliphatic imine (C=N–C) groups is 1. The van der Waals surface area contributed by atoms with E-state index in [1.807, 2.05) is 31.0 Å². The molecule has 1 aromatic heterocycles. The summed E-state index contributed by atoms with van der Waals surface area (Å²) in [4.78, 5) is 9.38. The lowest BCUT2D eigenvalue weighted by Crippen LogP contribution is -2.42. The monoisotopic (exact) mass is 396 g/mol. The summed E-state index contributed by atoms with van der Waals surface area (Å²) >= 11 is 0. The second-order valence-corrected chi connectivity index (χ2v) is 8.11. The second-order valence-electron chi connectivity index (χ2n) is 8.11. The van der Waals surface area contributed by atoms with Crippen LogP contribution >= 0.6 is 0 Å². The molecule has 2 aromatic rings. The highest BCUT2D eigenvalue weighted by atomic mass is 16.5. The van der Waals surface area contributed by atoms with Gasteiger partial charge >= 0.3 is 0 Å². The van der Waals surface area contributed by atoms with Crippen LogP contribution in [0.3, 0.4) is 0 Å². The molecule has 2 fully saturated rings. The van der Waals surface area contributed by atoms with Crippen molar-refractivity contribution in [3.8, 4) is 5.75 Å². The van der Waals surface area contributed by atoms with Crippen molar-refractivity contribution < 1.29 is 4.74 Å². The van der Waals surface area contributed by atoms with Crippen LogP contribution in [0, 0.1) is 5.92 Å². The van der Waals surface area contributed by atoms with Crippen LogP contribution in [0.4, 0.5) is 5.69 Å². The molecule has 0 bridgehead atoms. The minimum absolute atomic E-state index is 0.539. The van der Waals surface area contributed by atoms with Crippen molar-refractivity contribution in [3.05, 3.63) is 42.2 Å². The molecule has 3 heterocycles. The Morgan fingerprint density at radius 2 is 2.17 bits per heavy atom. The number of aryl methyl sites for hydroxylation is 1. The number of aromatic nitrogens is 2. The van der Waals surface area contributed by atoms with E-state index in [2.05, 4.69) is 49.6 Å². The number of nitrogens with zero attached hydrogens (tertiary/aromatic N) is 5. The Bertz CT molecular complexity index is 847. The third-order valence-electron chi connectivity index (χ3n) is 6.15. The van der Waals surface area contributed by atoms with Gasteiger partial charge in [-0.1, -0.05) is 6.07 Å². The van der Waals surface area contributed by atoms with Gasteiger partial charge in [0.15, 0.2) is 5.96 Å². The van der Waals surface area contributed by atoms with Crippen LogP contribution in [0.2, 0.25) is 0 Å². The summed E-state index contributed by atoms with van der Waals surface area (Å²) < 4.78 is 7.26. The third-order valence-corrected chi connectivity index (χ3v) is 6.15. The first-order chi connectivity index (χ1) is 14.2. The number of guanidine groups is 1. The van der Waals surface area contributed by atoms with Crippen LogP contribution in [0.1, 0.15) is 24.3 Å². The Hall–Kier alpha value is -2.70. The molecule has 0 saturated carbocycles. The van der Waals surface area contributed by atoms with Gasteiger partial charge in [0, 0.05) is 70.7 Å². The van der Waals surface area contributed by atoms with Gasteiger partial charge in [0.2, 0.25) is 0 Å². The Balaban J connectivity index is 1.28. The normalized spacial score (nSPS) is 22.4. The highest BCUT2D eigenvalue weighted by Gasteiger charge is 2.28. The number of benzene rings is 1. The summed E-state index contributed by atoms with van der Waals surface area (Å²) in [7, 11) is 5.59. The smallest absolute Gasteiger partial charge is 0.193 e. The van der Waals surface area contributed by atoms with Crippen molar-refractivity contribution >= 4 is 11.6 Å². The van der Waals surface area contributed by atoms with Gasteiger partial charge in [-0.25, -0.2) is 0 Å². The first kappa shape index (κ1) is 19.6. The summed E-state index contributed by atoms with van der Waals surface area (Å²) in [6.45, 7) is 5.16. The number of ether oxygens (including phenoxy) is 1. The largest absolute Gasteiger partial charge is 0.497 e. The van der Waals surface area contributed by atoms with Gasteiger partial charge in [-0.3, -0.25) is 9.67 Å². The molecular formula is C22H32N6O. The molecule has 0 radical (unpaired) electrons. The third kappa shape index (κ3) is 4.49. The van der Waals surface area contributed by atoms with E-state index >= 15 is 0 Å². The van der Waals surface area contributed by atoms with Crippen LogP contribution < -0.4 is 15.0 Å². The van der Waals surface area contributed by atoms with Crippen molar-refractivity contribution in [1.29, 1.82) is 0 Å². The van der Waals surface area contributed by atoms with E-state index in [1.165, 1.54) is 17.7 Å². The van der Waals surface area contributed by atoms with E-state index in [1.54, 1.807) is 7.11 Å². The van der Waals surface area contributed by atoms with Gasteiger partial charge in [0.25, 0.3) is 0 Å². The molecule has 0 spiro atoms. The lowest BCUT2D eigenvalue weighted by atomic mass is 10.0. The SMILES string of the molecule is CN=C(NCC1CCN(c2cccc(OC)c2)C1)N1CCC(c2cnn(C)c2)C1. The van der Waals surface area contributed by atoms with Gasteiger partial charge < -0.3 is 19.9 Å². The number of anilines is 1. The molecule has 1 N–H and O–H groups in total. The van der Waals surface area contributed by atoms with Crippen molar-refractivity contribution in [2.24, 2.45) is 18.0 Å². The van der Waals surface area contributed by atoms with Gasteiger partial charge in [0.1, 0.15) is 5.75 Å². The summed E-state index contributed by atoms with van der Waals surface area (Å²) in [6.07, 6.45) is 6.48. The highest BCUT2D eigenvalue weighted by Crippen LogP contribution is 2.28. The lowest BCUT2D eigenvalue weighted by Gasteiger charge is -2.23. The molecular weight excluding hydrogens is 364 g/mol. The summed E-state index contributed by atoms with van der Waals surface area (Å²) in [5, 5.41) is 7.95. The molecule has 7 nitrogen and oxygen atoms in total. The Morgan fingerprint density at radius 1 is 1.28 bits per heavy atom. The van der Waals surface area contributed by atoms with Gasteiger partial charge in [-0.2, -0.15) is 5.10 Å². The maximum Gasteiger partial charge on any atom is 0.193 e. The van der Waals surface area contributed by atoms with Crippen LogP contribution in [0.15, 0.2) is 41.7 Å². The van der Waals surface area contributed by atoms with Crippen LogP contribution in [-0.2, 0) is 7.05 Å². The topological polar surface area (TPSA) is 57.9 Å². The van der Waals surface area contributed by atoms with E-state index in [0.29, 0.717) is 11.8 Å². The molecule has 2 atom stereocenters. The lowest BCUT2D eigenvalue weighted by molar-refractivity contribution is 0.415. The molecule has 0 aliphatic carbocycles. The van der Waals surface area contributed by atoms with Crippen molar-refractivity contribution in [2.75, 3.05) is 51.8 Å². The molecule has 2 saturated heterocycles. The summed E-state index contributed by atoms with van der Waals surface area (Å²) in [5.41, 5.74) is 2.57. The quantitative estimate of drug-likeness (QED) is 0.621. The molecule has 29 heavy (non-hydrogen) atoms. The van der Waals surface area contributed by atoms with Crippen LogP contribution in [0.5, 0.6) is 5.75 Å². The number of rotatable bonds is 5. The van der Waals surface area contributed by atoms with Gasteiger partial charge in [0.05, 0.1) is 13.3 Å². The predicted octanol–water partition coefficient (Wildman–Crippen LogP) is 2.32. The second kappa shape index (κ2) is 8.76. The average Bonchev–Trinajstić information content (AvgIpc) is 3.49. The highest BCUT2D eigenvalue weighted by molar-refractivity contribution is 5.80. The molecule has 2 aliphatic heterocycles. The van der Waals surface area contributed by atoms with E-state index in [-0.39, 0.29) is 0 Å². The minimum atomic E-state index is 0.539. The molecule has 2 aliphatic rings. The van der Waals surface area contributed by atoms with Gasteiger partial charge in [-0.05, 0) is 36.5 Å². The molecule has 0 amide bonds. The minimum Gasteiger partial charge on any atom is -0.497 e. The maximum atomic E-state index is 5.37. The van der Waals surface area contributed by atoms with Crippen molar-refractivity contribution in [2.45, 2.75) is 18.8 Å². The predicted molar refractivity (Wildman–Crippen MR) is 117 cm³/mol. The zero-order valence-electron chi connectivity index (χ0n) is 17.7. The molecule has 1 aromatic carbocycles. The standard InChI is InChI=1S/C22H32N6O/c1-23-22(28-10-8-18(16-28)19-13-25-26(2)15-19)24-12-17-7-9-27(14-17)20-5-4-6-21(11-20)29-3/h4-6,11,13,15,17-18H,7-10,12,14,16H2,1-3H3,(H,23,24). The first-order valence-corrected chi connectivity index (χ1v) is 10.5. The molecule has 7 heteroatoms. The zero-order chi connectivity index (χ0) is 20.2. The average molecular weight is 397 g/mol. The maximum absolute atomic E-state index is 5.37. The fourth-order valence-electron chi connectivity index (χ4n) is 4.48. The van der Waals surface area contributed by atoms with Crippen LogP contribution in [0.25, 0.3) is 0 Å². The first-order valence-electron chi connectivity index (χ1n) is 10.5. The number of likely N-dealkylation sites (tertiary alicyclic amines) is 1.